The summed E-state index contributed by atoms with van der Waals surface area (Å²) in [5.74, 6) is -0.997. The van der Waals surface area contributed by atoms with Gasteiger partial charge in [-0.3, -0.25) is 4.98 Å². The molecule has 0 radical (unpaired) electrons. The molecular weight excluding hydrogens is 374 g/mol. The molecule has 156 valence electrons. The van der Waals surface area contributed by atoms with Gasteiger partial charge in [-0.2, -0.15) is 0 Å². The summed E-state index contributed by atoms with van der Waals surface area (Å²) in [6, 6.07) is 12.7. The van der Waals surface area contributed by atoms with Crippen molar-refractivity contribution in [3.63, 3.8) is 0 Å². The third-order valence-electron chi connectivity index (χ3n) is 5.71. The zero-order valence-electron chi connectivity index (χ0n) is 18.4. The highest BCUT2D eigenvalue weighted by atomic mass is 16.5. The van der Waals surface area contributed by atoms with E-state index in [2.05, 4.69) is 36.4 Å². The van der Waals surface area contributed by atoms with Crippen LogP contribution in [0.2, 0.25) is 0 Å². The van der Waals surface area contributed by atoms with Crippen LogP contribution in [-0.4, -0.2) is 21.7 Å². The van der Waals surface area contributed by atoms with Crippen LogP contribution in [0.4, 0.5) is 0 Å². The average Bonchev–Trinajstić information content (AvgIpc) is 3.12. The quantitative estimate of drug-likeness (QED) is 0.585. The topological polar surface area (TPSA) is 59.4 Å². The van der Waals surface area contributed by atoms with Crippen molar-refractivity contribution in [2.75, 3.05) is 0 Å². The Bertz CT molecular complexity index is 1140. The molecule has 0 amide bonds. The van der Waals surface area contributed by atoms with E-state index in [1.165, 1.54) is 17.5 Å². The lowest BCUT2D eigenvalue weighted by Crippen LogP contribution is -2.28. The standard InChI is InChI=1S/C26H29NO3/c1-15-9-12-20-21(13-15)27-16(2)22(24(25(28)29)30-26(3,4)5)23(20)19-11-10-17-7-6-8-18(17)14-19/h9-14,24H,6-8H2,1-5H3,(H,28,29)/t24-/m0/s1. The molecule has 4 rings (SSSR count). The predicted octanol–water partition coefficient (Wildman–Crippen LogP) is 5.95. The van der Waals surface area contributed by atoms with Crippen molar-refractivity contribution in [3.8, 4) is 11.1 Å². The zero-order valence-corrected chi connectivity index (χ0v) is 18.4. The Hall–Kier alpha value is -2.72. The summed E-state index contributed by atoms with van der Waals surface area (Å²) in [6.45, 7) is 9.57. The molecule has 0 spiro atoms. The van der Waals surface area contributed by atoms with Crippen LogP contribution in [-0.2, 0) is 22.4 Å². The smallest absolute Gasteiger partial charge is 0.337 e. The lowest BCUT2D eigenvalue weighted by atomic mass is 9.89. The van der Waals surface area contributed by atoms with Crippen LogP contribution in [0.3, 0.4) is 0 Å². The molecule has 2 aromatic carbocycles. The number of carboxylic acids is 1. The van der Waals surface area contributed by atoms with E-state index >= 15 is 0 Å². The van der Waals surface area contributed by atoms with Gasteiger partial charge in [-0.05, 0) is 87.8 Å². The highest BCUT2D eigenvalue weighted by molar-refractivity contribution is 5.99. The minimum absolute atomic E-state index is 0.604. The summed E-state index contributed by atoms with van der Waals surface area (Å²) < 4.78 is 6.05. The number of hydrogen-bond donors (Lipinski definition) is 1. The number of hydrogen-bond acceptors (Lipinski definition) is 3. The fourth-order valence-corrected chi connectivity index (χ4v) is 4.46. The van der Waals surface area contributed by atoms with Crippen LogP contribution in [0.5, 0.6) is 0 Å². The molecule has 4 nitrogen and oxygen atoms in total. The number of aryl methyl sites for hydroxylation is 4. The molecule has 1 N–H and O–H groups in total. The second kappa shape index (κ2) is 7.51. The monoisotopic (exact) mass is 403 g/mol. The zero-order chi connectivity index (χ0) is 21.6. The van der Waals surface area contributed by atoms with Gasteiger partial charge in [0.15, 0.2) is 6.10 Å². The molecule has 1 heterocycles. The fraction of sp³-hybridized carbons (Fsp3) is 0.385. The number of pyridine rings is 1. The molecule has 0 bridgehead atoms. The highest BCUT2D eigenvalue weighted by Crippen LogP contribution is 2.40. The number of carboxylic acid groups (broad SMARTS) is 1. The van der Waals surface area contributed by atoms with E-state index in [1.54, 1.807) is 0 Å². The Morgan fingerprint density at radius 1 is 1.07 bits per heavy atom. The van der Waals surface area contributed by atoms with Crippen LogP contribution in [0.1, 0.15) is 61.2 Å². The van der Waals surface area contributed by atoms with Crippen LogP contribution in [0.15, 0.2) is 36.4 Å². The molecule has 4 heteroatoms. The van der Waals surface area contributed by atoms with Gasteiger partial charge >= 0.3 is 5.97 Å². The highest BCUT2D eigenvalue weighted by Gasteiger charge is 2.32. The average molecular weight is 404 g/mol. The first-order valence-electron chi connectivity index (χ1n) is 10.6. The summed E-state index contributed by atoms with van der Waals surface area (Å²) in [6.07, 6.45) is 2.26. The molecule has 0 unspecified atom stereocenters. The Morgan fingerprint density at radius 3 is 2.50 bits per heavy atom. The normalized spacial score (nSPS) is 14.7. The Kier molecular flexibility index (Phi) is 5.15. The van der Waals surface area contributed by atoms with Gasteiger partial charge in [-0.15, -0.1) is 0 Å². The molecule has 1 atom stereocenters. The van der Waals surface area contributed by atoms with E-state index in [-0.39, 0.29) is 0 Å². The van der Waals surface area contributed by atoms with Gasteiger partial charge in [0.25, 0.3) is 0 Å². The number of carbonyl (C=O) groups is 1. The summed E-state index contributed by atoms with van der Waals surface area (Å²) >= 11 is 0. The first kappa shape index (κ1) is 20.5. The summed E-state index contributed by atoms with van der Waals surface area (Å²) in [4.78, 5) is 17.1. The van der Waals surface area contributed by atoms with Gasteiger partial charge in [0.1, 0.15) is 0 Å². The maximum atomic E-state index is 12.3. The number of benzene rings is 2. The molecule has 0 saturated carbocycles. The summed E-state index contributed by atoms with van der Waals surface area (Å²) in [5.41, 5.74) is 7.45. The van der Waals surface area contributed by atoms with E-state index in [1.807, 2.05) is 34.6 Å². The van der Waals surface area contributed by atoms with Gasteiger partial charge in [0, 0.05) is 16.6 Å². The maximum Gasteiger partial charge on any atom is 0.337 e. The molecule has 0 saturated heterocycles. The van der Waals surface area contributed by atoms with Crippen molar-refractivity contribution in [1.29, 1.82) is 0 Å². The first-order valence-corrected chi connectivity index (χ1v) is 10.6. The first-order chi connectivity index (χ1) is 14.1. The minimum atomic E-state index is -1.09. The van der Waals surface area contributed by atoms with Crippen molar-refractivity contribution in [2.24, 2.45) is 0 Å². The van der Waals surface area contributed by atoms with Crippen molar-refractivity contribution in [1.82, 2.24) is 4.98 Å². The Balaban J connectivity index is 2.04. The van der Waals surface area contributed by atoms with Gasteiger partial charge in [-0.25, -0.2) is 4.79 Å². The van der Waals surface area contributed by atoms with Gasteiger partial charge < -0.3 is 9.84 Å². The molecule has 1 aliphatic rings. The maximum absolute atomic E-state index is 12.3. The summed E-state index contributed by atoms with van der Waals surface area (Å²) in [5, 5.41) is 11.1. The molecular formula is C26H29NO3. The molecule has 30 heavy (non-hydrogen) atoms. The van der Waals surface area contributed by atoms with E-state index < -0.39 is 17.7 Å². The Morgan fingerprint density at radius 2 is 1.80 bits per heavy atom. The van der Waals surface area contributed by atoms with Gasteiger partial charge in [0.2, 0.25) is 0 Å². The third-order valence-corrected chi connectivity index (χ3v) is 5.71. The molecule has 1 aromatic heterocycles. The van der Waals surface area contributed by atoms with Crippen molar-refractivity contribution in [2.45, 2.75) is 65.6 Å². The largest absolute Gasteiger partial charge is 0.479 e. The molecule has 3 aromatic rings. The van der Waals surface area contributed by atoms with E-state index in [0.29, 0.717) is 11.3 Å². The van der Waals surface area contributed by atoms with E-state index in [0.717, 1.165) is 40.4 Å². The van der Waals surface area contributed by atoms with Crippen molar-refractivity contribution >= 4 is 16.9 Å². The van der Waals surface area contributed by atoms with E-state index in [4.69, 9.17) is 9.72 Å². The lowest BCUT2D eigenvalue weighted by molar-refractivity contribution is -0.160. The predicted molar refractivity (Wildman–Crippen MR) is 120 cm³/mol. The minimum Gasteiger partial charge on any atom is -0.479 e. The van der Waals surface area contributed by atoms with Crippen LogP contribution < -0.4 is 0 Å². The number of rotatable bonds is 4. The van der Waals surface area contributed by atoms with Crippen LogP contribution in [0, 0.1) is 13.8 Å². The van der Waals surface area contributed by atoms with Gasteiger partial charge in [-0.1, -0.05) is 30.3 Å². The van der Waals surface area contributed by atoms with E-state index in [9.17, 15) is 9.90 Å². The van der Waals surface area contributed by atoms with Crippen LogP contribution >= 0.6 is 0 Å². The van der Waals surface area contributed by atoms with Crippen LogP contribution in [0.25, 0.3) is 22.0 Å². The van der Waals surface area contributed by atoms with Crippen molar-refractivity contribution < 1.29 is 14.6 Å². The second-order valence-corrected chi connectivity index (χ2v) is 9.29. The summed E-state index contributed by atoms with van der Waals surface area (Å²) in [7, 11) is 0. The number of fused-ring (bicyclic) bond motifs is 2. The lowest BCUT2D eigenvalue weighted by Gasteiger charge is -2.28. The number of nitrogens with zero attached hydrogens (tertiary/aromatic N) is 1. The molecule has 0 fully saturated rings. The fourth-order valence-electron chi connectivity index (χ4n) is 4.46. The number of aliphatic carboxylic acids is 1. The number of aromatic nitrogens is 1. The van der Waals surface area contributed by atoms with Crippen molar-refractivity contribution in [3.05, 3.63) is 64.3 Å². The molecule has 1 aliphatic carbocycles. The number of ether oxygens (including phenoxy) is 1. The second-order valence-electron chi connectivity index (χ2n) is 9.29. The molecule has 0 aliphatic heterocycles. The van der Waals surface area contributed by atoms with Gasteiger partial charge in [0.05, 0.1) is 11.1 Å². The Labute approximate surface area is 177 Å². The SMILES string of the molecule is Cc1ccc2c(-c3ccc4c(c3)CCC4)c([C@H](OC(C)(C)C)C(=O)O)c(C)nc2c1. The third kappa shape index (κ3) is 3.84.